The van der Waals surface area contributed by atoms with Crippen molar-refractivity contribution in [2.24, 2.45) is 0 Å². The van der Waals surface area contributed by atoms with Crippen molar-refractivity contribution in [2.45, 2.75) is 45.6 Å². The summed E-state index contributed by atoms with van der Waals surface area (Å²) in [4.78, 5) is 10.8. The summed E-state index contributed by atoms with van der Waals surface area (Å²) < 4.78 is 4.55. The maximum Gasteiger partial charge on any atom is 0.319 e. The smallest absolute Gasteiger partial charge is 0.319 e. The number of hydrogen-bond acceptors (Lipinski definition) is 3. The fourth-order valence-electron chi connectivity index (χ4n) is 1.20. The Morgan fingerprint density at radius 1 is 1.46 bits per heavy atom. The number of nitrogens with one attached hydrogen (secondary N) is 1. The number of carbonyl (C=O) groups excluding carboxylic acids is 1. The number of hydrogen-bond donors (Lipinski definition) is 1. The lowest BCUT2D eigenvalue weighted by Gasteiger charge is -2.15. The van der Waals surface area contributed by atoms with Gasteiger partial charge in [0.2, 0.25) is 0 Å². The van der Waals surface area contributed by atoms with Gasteiger partial charge < -0.3 is 10.1 Å². The molecule has 0 rings (SSSR count). The molecule has 0 saturated heterocycles. The Hall–Kier alpha value is -0.570. The van der Waals surface area contributed by atoms with Gasteiger partial charge in [0.25, 0.3) is 0 Å². The molecule has 0 fully saturated rings. The van der Waals surface area contributed by atoms with Gasteiger partial charge in [0.05, 0.1) is 13.7 Å². The highest BCUT2D eigenvalue weighted by atomic mass is 16.5. The van der Waals surface area contributed by atoms with Crippen LogP contribution in [-0.4, -0.2) is 25.7 Å². The second-order valence-corrected chi connectivity index (χ2v) is 3.20. The second-order valence-electron chi connectivity index (χ2n) is 3.20. The van der Waals surface area contributed by atoms with Crippen LogP contribution in [-0.2, 0) is 9.53 Å². The van der Waals surface area contributed by atoms with Gasteiger partial charge in [-0.15, -0.1) is 0 Å². The van der Waals surface area contributed by atoms with Crippen LogP contribution in [0, 0.1) is 0 Å². The Morgan fingerprint density at radius 2 is 2.15 bits per heavy atom. The van der Waals surface area contributed by atoms with E-state index in [9.17, 15) is 4.79 Å². The molecule has 0 radical (unpaired) electrons. The standard InChI is InChI=1S/C10H21NO2/c1-4-6-7-9(5-2)11-8-10(12)13-3/h9,11H,4-8H2,1-3H3/t9-/m1/s1. The number of ether oxygens (including phenoxy) is 1. The van der Waals surface area contributed by atoms with Crippen molar-refractivity contribution in [3.63, 3.8) is 0 Å². The molecule has 1 atom stereocenters. The van der Waals surface area contributed by atoms with Gasteiger partial charge in [-0.25, -0.2) is 0 Å². The minimum Gasteiger partial charge on any atom is -0.468 e. The van der Waals surface area contributed by atoms with E-state index in [-0.39, 0.29) is 5.97 Å². The molecule has 0 aromatic carbocycles. The molecule has 0 amide bonds. The Labute approximate surface area is 80.8 Å². The molecule has 0 aliphatic carbocycles. The number of methoxy groups -OCH3 is 1. The zero-order valence-corrected chi connectivity index (χ0v) is 8.93. The van der Waals surface area contributed by atoms with E-state index in [1.165, 1.54) is 20.0 Å². The molecule has 0 aliphatic heterocycles. The van der Waals surface area contributed by atoms with Crippen LogP contribution >= 0.6 is 0 Å². The van der Waals surface area contributed by atoms with Crippen LogP contribution in [0.1, 0.15) is 39.5 Å². The van der Waals surface area contributed by atoms with Crippen LogP contribution in [0.15, 0.2) is 0 Å². The van der Waals surface area contributed by atoms with Gasteiger partial charge in [-0.1, -0.05) is 26.7 Å². The maximum atomic E-state index is 10.8. The highest BCUT2D eigenvalue weighted by Crippen LogP contribution is 2.03. The molecule has 0 spiro atoms. The molecule has 0 aromatic heterocycles. The average molecular weight is 187 g/mol. The normalized spacial score (nSPS) is 12.5. The predicted octanol–water partition coefficient (Wildman–Crippen LogP) is 1.72. The molecule has 0 saturated carbocycles. The lowest BCUT2D eigenvalue weighted by molar-refractivity contribution is -0.139. The minimum atomic E-state index is -0.185. The van der Waals surface area contributed by atoms with Crippen LogP contribution in [0.3, 0.4) is 0 Å². The molecule has 1 N–H and O–H groups in total. The fourth-order valence-corrected chi connectivity index (χ4v) is 1.20. The summed E-state index contributed by atoms with van der Waals surface area (Å²) >= 11 is 0. The summed E-state index contributed by atoms with van der Waals surface area (Å²) in [5.41, 5.74) is 0. The Bertz CT molecular complexity index is 137. The first-order valence-electron chi connectivity index (χ1n) is 5.04. The first-order chi connectivity index (χ1) is 6.24. The minimum absolute atomic E-state index is 0.185. The van der Waals surface area contributed by atoms with Gasteiger partial charge in [0.1, 0.15) is 0 Å². The Morgan fingerprint density at radius 3 is 2.62 bits per heavy atom. The zero-order chi connectivity index (χ0) is 10.1. The van der Waals surface area contributed by atoms with Gasteiger partial charge in [-0.2, -0.15) is 0 Å². The average Bonchev–Trinajstić information content (AvgIpc) is 2.17. The van der Waals surface area contributed by atoms with Gasteiger partial charge in [-0.3, -0.25) is 4.79 Å². The van der Waals surface area contributed by atoms with E-state index in [2.05, 4.69) is 23.9 Å². The van der Waals surface area contributed by atoms with Crippen LogP contribution < -0.4 is 5.32 Å². The van der Waals surface area contributed by atoms with E-state index in [4.69, 9.17) is 0 Å². The summed E-state index contributed by atoms with van der Waals surface area (Å²) in [5, 5.41) is 3.18. The number of carbonyl (C=O) groups is 1. The first-order valence-corrected chi connectivity index (χ1v) is 5.04. The highest BCUT2D eigenvalue weighted by molar-refractivity contribution is 5.71. The number of rotatable bonds is 7. The van der Waals surface area contributed by atoms with Crippen molar-refractivity contribution < 1.29 is 9.53 Å². The third kappa shape index (κ3) is 6.58. The van der Waals surface area contributed by atoms with Crippen LogP contribution in [0.5, 0.6) is 0 Å². The monoisotopic (exact) mass is 187 g/mol. The first kappa shape index (κ1) is 12.4. The lowest BCUT2D eigenvalue weighted by Crippen LogP contribution is -2.33. The number of unbranched alkanes of at least 4 members (excludes halogenated alkanes) is 1. The summed E-state index contributed by atoms with van der Waals surface area (Å²) in [6, 6.07) is 0.457. The van der Waals surface area contributed by atoms with Crippen molar-refractivity contribution in [3.05, 3.63) is 0 Å². The van der Waals surface area contributed by atoms with E-state index < -0.39 is 0 Å². The van der Waals surface area contributed by atoms with Crippen LogP contribution in [0.25, 0.3) is 0 Å². The van der Waals surface area contributed by atoms with E-state index in [1.807, 2.05) is 0 Å². The molecule has 78 valence electrons. The zero-order valence-electron chi connectivity index (χ0n) is 8.93. The lowest BCUT2D eigenvalue weighted by atomic mass is 10.1. The maximum absolute atomic E-state index is 10.8. The molecule has 0 aromatic rings. The molecule has 0 bridgehead atoms. The van der Waals surface area contributed by atoms with Crippen molar-refractivity contribution in [1.29, 1.82) is 0 Å². The SMILES string of the molecule is CCCC[C@@H](CC)NCC(=O)OC. The van der Waals surface area contributed by atoms with E-state index in [1.54, 1.807) is 0 Å². The molecule has 3 nitrogen and oxygen atoms in total. The fraction of sp³-hybridized carbons (Fsp3) is 0.900. The predicted molar refractivity (Wildman–Crippen MR) is 53.6 cm³/mol. The summed E-state index contributed by atoms with van der Waals surface area (Å²) in [7, 11) is 1.41. The van der Waals surface area contributed by atoms with E-state index >= 15 is 0 Å². The third-order valence-electron chi connectivity index (χ3n) is 2.16. The van der Waals surface area contributed by atoms with E-state index in [0.717, 1.165) is 12.8 Å². The molecular formula is C10H21NO2. The topological polar surface area (TPSA) is 38.3 Å². The van der Waals surface area contributed by atoms with Gasteiger partial charge in [0.15, 0.2) is 0 Å². The van der Waals surface area contributed by atoms with Crippen molar-refractivity contribution >= 4 is 5.97 Å². The van der Waals surface area contributed by atoms with Crippen LogP contribution in [0.4, 0.5) is 0 Å². The highest BCUT2D eigenvalue weighted by Gasteiger charge is 2.07. The molecule has 0 aliphatic rings. The quantitative estimate of drug-likeness (QED) is 0.617. The summed E-state index contributed by atoms with van der Waals surface area (Å²) in [5.74, 6) is -0.185. The molecule has 0 unspecified atom stereocenters. The molecular weight excluding hydrogens is 166 g/mol. The van der Waals surface area contributed by atoms with E-state index in [0.29, 0.717) is 12.6 Å². The summed E-state index contributed by atoms with van der Waals surface area (Å²) in [6.45, 7) is 4.64. The molecule has 3 heteroatoms. The Balaban J connectivity index is 3.52. The molecule has 13 heavy (non-hydrogen) atoms. The number of esters is 1. The van der Waals surface area contributed by atoms with Crippen molar-refractivity contribution in [2.75, 3.05) is 13.7 Å². The van der Waals surface area contributed by atoms with Crippen molar-refractivity contribution in [1.82, 2.24) is 5.32 Å². The van der Waals surface area contributed by atoms with Gasteiger partial charge >= 0.3 is 5.97 Å². The Kier molecular flexibility index (Phi) is 7.69. The largest absolute Gasteiger partial charge is 0.468 e. The van der Waals surface area contributed by atoms with Gasteiger partial charge in [0, 0.05) is 6.04 Å². The van der Waals surface area contributed by atoms with Gasteiger partial charge in [-0.05, 0) is 12.8 Å². The van der Waals surface area contributed by atoms with Crippen molar-refractivity contribution in [3.8, 4) is 0 Å². The second kappa shape index (κ2) is 8.05. The third-order valence-corrected chi connectivity index (χ3v) is 2.16. The van der Waals surface area contributed by atoms with Crippen LogP contribution in [0.2, 0.25) is 0 Å². The summed E-state index contributed by atoms with van der Waals surface area (Å²) in [6.07, 6.45) is 4.63. The molecule has 0 heterocycles.